The number of amides is 2. The van der Waals surface area contributed by atoms with E-state index in [9.17, 15) is 4.79 Å². The van der Waals surface area contributed by atoms with Crippen molar-refractivity contribution < 1.29 is 9.53 Å². The quantitative estimate of drug-likeness (QED) is 0.924. The average molecular weight is 320 g/mol. The van der Waals surface area contributed by atoms with Gasteiger partial charge in [0, 0.05) is 37.9 Å². The van der Waals surface area contributed by atoms with Crippen molar-refractivity contribution in [3.05, 3.63) is 18.0 Å². The van der Waals surface area contributed by atoms with Crippen LogP contribution in [0.2, 0.25) is 0 Å². The molecule has 0 unspecified atom stereocenters. The second-order valence-corrected chi connectivity index (χ2v) is 7.22. The number of morpholine rings is 1. The maximum Gasteiger partial charge on any atom is 0.317 e. The Bertz CT molecular complexity index is 551. The smallest absolute Gasteiger partial charge is 0.317 e. The van der Waals surface area contributed by atoms with Crippen LogP contribution in [0.4, 0.5) is 4.79 Å². The number of hydrogen-bond acceptors (Lipinski definition) is 3. The van der Waals surface area contributed by atoms with E-state index in [0.717, 1.165) is 25.1 Å². The molecule has 1 atom stereocenters. The van der Waals surface area contributed by atoms with E-state index < -0.39 is 0 Å². The number of aryl methyl sites for hydroxylation is 1. The van der Waals surface area contributed by atoms with Crippen molar-refractivity contribution in [2.45, 2.75) is 44.6 Å². The number of nitrogens with one attached hydrogen (secondary N) is 1. The van der Waals surface area contributed by atoms with Crippen LogP contribution in [0.3, 0.4) is 0 Å². The van der Waals surface area contributed by atoms with Gasteiger partial charge in [0.15, 0.2) is 0 Å². The van der Waals surface area contributed by atoms with Crippen LogP contribution >= 0.6 is 0 Å². The van der Waals surface area contributed by atoms with Crippen LogP contribution in [0, 0.1) is 5.92 Å². The van der Waals surface area contributed by atoms with Crippen LogP contribution in [-0.4, -0.2) is 52.6 Å². The van der Waals surface area contributed by atoms with Crippen LogP contribution in [-0.2, 0) is 11.8 Å². The summed E-state index contributed by atoms with van der Waals surface area (Å²) in [6, 6.07) is 2.07. The van der Waals surface area contributed by atoms with E-state index in [4.69, 9.17) is 4.74 Å². The van der Waals surface area contributed by atoms with Crippen LogP contribution in [0.15, 0.2) is 12.3 Å². The molecule has 1 saturated heterocycles. The molecule has 1 aliphatic heterocycles. The first-order chi connectivity index (χ1) is 11.0. The van der Waals surface area contributed by atoms with Gasteiger partial charge in [-0.1, -0.05) is 13.8 Å². The Labute approximate surface area is 138 Å². The van der Waals surface area contributed by atoms with Gasteiger partial charge in [-0.25, -0.2) is 4.79 Å². The zero-order chi connectivity index (χ0) is 16.4. The number of aromatic nitrogens is 2. The van der Waals surface area contributed by atoms with Crippen molar-refractivity contribution in [3.8, 4) is 0 Å². The summed E-state index contributed by atoms with van der Waals surface area (Å²) in [5, 5.41) is 7.38. The Kier molecular flexibility index (Phi) is 4.62. The minimum atomic E-state index is -0.0466. The zero-order valence-electron chi connectivity index (χ0n) is 14.4. The number of ether oxygens (including phenoxy) is 1. The highest BCUT2D eigenvalue weighted by molar-refractivity contribution is 5.74. The summed E-state index contributed by atoms with van der Waals surface area (Å²) in [7, 11) is 1.95. The first-order valence-electron chi connectivity index (χ1n) is 8.65. The molecule has 0 bridgehead atoms. The summed E-state index contributed by atoms with van der Waals surface area (Å²) in [6.45, 7) is 7.08. The van der Waals surface area contributed by atoms with Gasteiger partial charge in [-0.15, -0.1) is 0 Å². The van der Waals surface area contributed by atoms with Crippen LogP contribution < -0.4 is 5.32 Å². The van der Waals surface area contributed by atoms with Crippen molar-refractivity contribution in [1.82, 2.24) is 20.0 Å². The molecule has 2 aliphatic rings. The zero-order valence-corrected chi connectivity index (χ0v) is 14.4. The molecule has 0 radical (unpaired) electrons. The summed E-state index contributed by atoms with van der Waals surface area (Å²) in [5.41, 5.74) is 1.12. The molecule has 128 valence electrons. The number of carbonyl (C=O) groups excluding carboxylic acids is 1. The minimum absolute atomic E-state index is 0.0346. The molecule has 2 amide bonds. The van der Waals surface area contributed by atoms with Gasteiger partial charge in [-0.2, -0.15) is 5.10 Å². The maximum absolute atomic E-state index is 12.5. The normalized spacial score (nSPS) is 21.3. The number of hydrogen-bond donors (Lipinski definition) is 1. The van der Waals surface area contributed by atoms with Gasteiger partial charge in [0.1, 0.15) is 0 Å². The Balaban J connectivity index is 1.58. The van der Waals surface area contributed by atoms with Gasteiger partial charge >= 0.3 is 6.03 Å². The Morgan fingerprint density at radius 2 is 2.26 bits per heavy atom. The van der Waals surface area contributed by atoms with Gasteiger partial charge in [0.25, 0.3) is 0 Å². The van der Waals surface area contributed by atoms with E-state index >= 15 is 0 Å². The van der Waals surface area contributed by atoms with Crippen molar-refractivity contribution in [2.75, 3.05) is 26.2 Å². The molecule has 1 saturated carbocycles. The third-order valence-corrected chi connectivity index (χ3v) is 5.32. The van der Waals surface area contributed by atoms with Crippen LogP contribution in [0.5, 0.6) is 0 Å². The Morgan fingerprint density at radius 1 is 1.48 bits per heavy atom. The van der Waals surface area contributed by atoms with E-state index in [2.05, 4.69) is 24.3 Å². The first kappa shape index (κ1) is 16.3. The summed E-state index contributed by atoms with van der Waals surface area (Å²) in [5.74, 6) is 0.707. The number of nitrogens with zero attached hydrogens (tertiary/aromatic N) is 3. The number of urea groups is 1. The lowest BCUT2D eigenvalue weighted by molar-refractivity contribution is -0.141. The molecule has 6 nitrogen and oxygen atoms in total. The summed E-state index contributed by atoms with van der Waals surface area (Å²) in [4.78, 5) is 14.5. The van der Waals surface area contributed by atoms with E-state index in [1.54, 1.807) is 0 Å². The van der Waals surface area contributed by atoms with E-state index in [1.165, 1.54) is 6.42 Å². The third-order valence-electron chi connectivity index (χ3n) is 5.32. The predicted molar refractivity (Wildman–Crippen MR) is 88.3 cm³/mol. The standard InChI is InChI=1S/C17H28N4O2/c1-13(2)14(15-5-8-19-20(15)3)11-18-16(22)21-9-10-23-17(12-21)6-4-7-17/h5,8,13-14H,4,6-7,9-12H2,1-3H3,(H,18,22)/t14-/m1/s1. The number of carbonyl (C=O) groups is 1. The molecule has 1 spiro atoms. The fraction of sp³-hybridized carbons (Fsp3) is 0.765. The summed E-state index contributed by atoms with van der Waals surface area (Å²) < 4.78 is 7.78. The van der Waals surface area contributed by atoms with E-state index in [0.29, 0.717) is 25.6 Å². The molecule has 2 fully saturated rings. The molecular formula is C17H28N4O2. The molecular weight excluding hydrogens is 292 g/mol. The summed E-state index contributed by atoms with van der Waals surface area (Å²) in [6.07, 6.45) is 5.20. The lowest BCUT2D eigenvalue weighted by atomic mass is 9.79. The molecule has 0 aromatic carbocycles. The predicted octanol–water partition coefficient (Wildman–Crippen LogP) is 2.12. The Morgan fingerprint density at radius 3 is 2.83 bits per heavy atom. The molecule has 23 heavy (non-hydrogen) atoms. The fourth-order valence-electron chi connectivity index (χ4n) is 3.63. The van der Waals surface area contributed by atoms with Crippen LogP contribution in [0.1, 0.15) is 44.7 Å². The first-order valence-corrected chi connectivity index (χ1v) is 8.65. The molecule has 6 heteroatoms. The highest BCUT2D eigenvalue weighted by Crippen LogP contribution is 2.38. The largest absolute Gasteiger partial charge is 0.371 e. The van der Waals surface area contributed by atoms with Gasteiger partial charge in [0.2, 0.25) is 0 Å². The van der Waals surface area contributed by atoms with Gasteiger partial charge in [0.05, 0.1) is 18.8 Å². The van der Waals surface area contributed by atoms with Gasteiger partial charge in [-0.05, 0) is 31.2 Å². The SMILES string of the molecule is CC(C)[C@@H](CNC(=O)N1CCOC2(CCC2)C1)c1ccnn1C. The minimum Gasteiger partial charge on any atom is -0.371 e. The van der Waals surface area contributed by atoms with E-state index in [-0.39, 0.29) is 17.6 Å². The summed E-state index contributed by atoms with van der Waals surface area (Å²) >= 11 is 0. The second kappa shape index (κ2) is 6.51. The van der Waals surface area contributed by atoms with Crippen molar-refractivity contribution in [3.63, 3.8) is 0 Å². The lowest BCUT2D eigenvalue weighted by Gasteiger charge is -2.48. The molecule has 1 aromatic heterocycles. The third kappa shape index (κ3) is 3.37. The molecule has 1 N–H and O–H groups in total. The Hall–Kier alpha value is -1.56. The van der Waals surface area contributed by atoms with Crippen molar-refractivity contribution >= 4 is 6.03 Å². The van der Waals surface area contributed by atoms with Crippen molar-refractivity contribution in [1.29, 1.82) is 0 Å². The highest BCUT2D eigenvalue weighted by atomic mass is 16.5. The molecule has 2 heterocycles. The molecule has 1 aliphatic carbocycles. The van der Waals surface area contributed by atoms with Gasteiger partial charge in [-0.3, -0.25) is 4.68 Å². The molecule has 3 rings (SSSR count). The monoisotopic (exact) mass is 320 g/mol. The molecule has 1 aromatic rings. The number of rotatable bonds is 4. The average Bonchev–Trinajstić information content (AvgIpc) is 2.91. The lowest BCUT2D eigenvalue weighted by Crippen LogP contribution is -2.59. The fourth-order valence-corrected chi connectivity index (χ4v) is 3.63. The van der Waals surface area contributed by atoms with Gasteiger partial charge < -0.3 is 15.0 Å². The van der Waals surface area contributed by atoms with Crippen molar-refractivity contribution in [2.24, 2.45) is 13.0 Å². The highest BCUT2D eigenvalue weighted by Gasteiger charge is 2.43. The van der Waals surface area contributed by atoms with E-state index in [1.807, 2.05) is 28.9 Å². The maximum atomic E-state index is 12.5. The topological polar surface area (TPSA) is 59.4 Å². The van der Waals surface area contributed by atoms with Crippen LogP contribution in [0.25, 0.3) is 0 Å². The second-order valence-electron chi connectivity index (χ2n) is 7.22.